The Hall–Kier alpha value is -0.810. The number of amides is 1. The lowest BCUT2D eigenvalue weighted by atomic mass is 9.96. The van der Waals surface area contributed by atoms with E-state index >= 15 is 0 Å². The van der Waals surface area contributed by atoms with Crippen LogP contribution in [0.1, 0.15) is 18.9 Å². The second-order valence-corrected chi connectivity index (χ2v) is 6.46. The summed E-state index contributed by atoms with van der Waals surface area (Å²) >= 11 is 12.3. The van der Waals surface area contributed by atoms with Gasteiger partial charge >= 0.3 is 0 Å². The Kier molecular flexibility index (Phi) is 5.49. The third-order valence-corrected chi connectivity index (χ3v) is 4.72. The number of anilines is 1. The van der Waals surface area contributed by atoms with Gasteiger partial charge in [0.25, 0.3) is 0 Å². The van der Waals surface area contributed by atoms with Crippen LogP contribution >= 0.6 is 23.2 Å². The molecule has 21 heavy (non-hydrogen) atoms. The van der Waals surface area contributed by atoms with E-state index in [1.54, 1.807) is 6.07 Å². The second kappa shape index (κ2) is 6.97. The van der Waals surface area contributed by atoms with Gasteiger partial charge in [-0.05, 0) is 37.4 Å². The van der Waals surface area contributed by atoms with E-state index in [4.69, 9.17) is 23.2 Å². The number of likely N-dealkylation sites (tertiary alicyclic amines) is 1. The Labute approximate surface area is 135 Å². The number of piperidine rings is 1. The molecule has 0 radical (unpaired) electrons. The van der Waals surface area contributed by atoms with Gasteiger partial charge in [0, 0.05) is 6.54 Å². The molecule has 2 N–H and O–H groups in total. The quantitative estimate of drug-likeness (QED) is 0.895. The van der Waals surface area contributed by atoms with Crippen LogP contribution in [0.25, 0.3) is 0 Å². The molecule has 0 aliphatic carbocycles. The minimum Gasteiger partial charge on any atom is -0.392 e. The molecule has 1 aromatic carbocycles. The van der Waals surface area contributed by atoms with Gasteiger partial charge in [-0.2, -0.15) is 0 Å². The highest BCUT2D eigenvalue weighted by molar-refractivity contribution is 6.40. The van der Waals surface area contributed by atoms with Crippen molar-refractivity contribution in [2.75, 3.05) is 25.0 Å². The van der Waals surface area contributed by atoms with E-state index in [1.807, 2.05) is 24.8 Å². The van der Waals surface area contributed by atoms with Gasteiger partial charge in [0.2, 0.25) is 5.91 Å². The number of carbonyl (C=O) groups excluding carboxylic acids is 1. The first-order valence-electron chi connectivity index (χ1n) is 7.03. The number of aliphatic hydroxyl groups is 1. The van der Waals surface area contributed by atoms with Gasteiger partial charge in [-0.15, -0.1) is 0 Å². The second-order valence-electron chi connectivity index (χ2n) is 5.67. The molecule has 1 saturated heterocycles. The topological polar surface area (TPSA) is 52.6 Å². The van der Waals surface area contributed by atoms with E-state index in [-0.39, 0.29) is 24.5 Å². The zero-order chi connectivity index (χ0) is 15.6. The molecule has 0 spiro atoms. The fraction of sp³-hybridized carbons (Fsp3) is 0.533. The van der Waals surface area contributed by atoms with Crippen LogP contribution in [0.15, 0.2) is 12.1 Å². The molecular weight excluding hydrogens is 311 g/mol. The maximum absolute atomic E-state index is 12.1. The molecule has 0 saturated carbocycles. The Bertz CT molecular complexity index is 537. The maximum Gasteiger partial charge on any atom is 0.238 e. The van der Waals surface area contributed by atoms with Crippen LogP contribution in [0.3, 0.4) is 0 Å². The Balaban J connectivity index is 1.98. The van der Waals surface area contributed by atoms with Gasteiger partial charge in [0.1, 0.15) is 0 Å². The molecule has 2 rings (SSSR count). The summed E-state index contributed by atoms with van der Waals surface area (Å²) in [4.78, 5) is 14.1. The van der Waals surface area contributed by atoms with E-state index < -0.39 is 0 Å². The molecule has 6 heteroatoms. The first-order valence-corrected chi connectivity index (χ1v) is 7.79. The predicted octanol–water partition coefficient (Wildman–Crippen LogP) is 2.94. The first-order chi connectivity index (χ1) is 9.88. The number of hydrogen-bond acceptors (Lipinski definition) is 3. The molecule has 2 unspecified atom stereocenters. The molecule has 0 aromatic heterocycles. The predicted molar refractivity (Wildman–Crippen MR) is 86.1 cm³/mol. The number of β-amino-alcohol motifs (C(OH)–C–C–N with tert-alkyl or cyclic N) is 1. The van der Waals surface area contributed by atoms with Crippen molar-refractivity contribution in [1.82, 2.24) is 4.90 Å². The highest BCUT2D eigenvalue weighted by Gasteiger charge is 2.25. The van der Waals surface area contributed by atoms with E-state index in [9.17, 15) is 9.90 Å². The Morgan fingerprint density at radius 1 is 1.48 bits per heavy atom. The SMILES string of the molecule is Cc1ccc(Cl)c(NC(=O)CN2CCC(C)C(O)C2)c1Cl. The van der Waals surface area contributed by atoms with Crippen LogP contribution in [0.4, 0.5) is 5.69 Å². The van der Waals surface area contributed by atoms with Crippen molar-refractivity contribution in [1.29, 1.82) is 0 Å². The van der Waals surface area contributed by atoms with Crippen molar-refractivity contribution in [2.45, 2.75) is 26.4 Å². The number of rotatable bonds is 3. The number of benzene rings is 1. The molecule has 1 aliphatic rings. The molecule has 1 fully saturated rings. The molecule has 2 atom stereocenters. The summed E-state index contributed by atoms with van der Waals surface area (Å²) in [5.41, 5.74) is 1.31. The van der Waals surface area contributed by atoms with E-state index in [2.05, 4.69) is 5.32 Å². The van der Waals surface area contributed by atoms with E-state index in [0.717, 1.165) is 18.5 Å². The van der Waals surface area contributed by atoms with Crippen molar-refractivity contribution in [3.8, 4) is 0 Å². The maximum atomic E-state index is 12.1. The van der Waals surface area contributed by atoms with E-state index in [0.29, 0.717) is 22.3 Å². The van der Waals surface area contributed by atoms with Crippen LogP contribution in [-0.4, -0.2) is 41.7 Å². The van der Waals surface area contributed by atoms with Crippen molar-refractivity contribution in [3.63, 3.8) is 0 Å². The molecule has 116 valence electrons. The lowest BCUT2D eigenvalue weighted by molar-refractivity contribution is -0.118. The fourth-order valence-corrected chi connectivity index (χ4v) is 2.88. The van der Waals surface area contributed by atoms with Gasteiger partial charge < -0.3 is 10.4 Å². The molecule has 0 bridgehead atoms. The zero-order valence-corrected chi connectivity index (χ0v) is 13.7. The van der Waals surface area contributed by atoms with Gasteiger partial charge in [0.15, 0.2) is 0 Å². The summed E-state index contributed by atoms with van der Waals surface area (Å²) in [6, 6.07) is 3.52. The van der Waals surface area contributed by atoms with E-state index in [1.165, 1.54) is 0 Å². The van der Waals surface area contributed by atoms with Crippen molar-refractivity contribution >= 4 is 34.8 Å². The monoisotopic (exact) mass is 330 g/mol. The normalized spacial score (nSPS) is 23.1. The number of carbonyl (C=O) groups is 1. The number of halogens is 2. The van der Waals surface area contributed by atoms with Crippen LogP contribution < -0.4 is 5.32 Å². The van der Waals surface area contributed by atoms with Gasteiger partial charge in [-0.25, -0.2) is 0 Å². The number of nitrogens with zero attached hydrogens (tertiary/aromatic N) is 1. The molecule has 1 aromatic rings. The Morgan fingerprint density at radius 3 is 2.86 bits per heavy atom. The van der Waals surface area contributed by atoms with Crippen molar-refractivity contribution in [2.24, 2.45) is 5.92 Å². The van der Waals surface area contributed by atoms with Gasteiger partial charge in [-0.3, -0.25) is 9.69 Å². The lowest BCUT2D eigenvalue weighted by Gasteiger charge is -2.33. The highest BCUT2D eigenvalue weighted by Crippen LogP contribution is 2.32. The molecular formula is C15H20Cl2N2O2. The summed E-state index contributed by atoms with van der Waals surface area (Å²) in [6.07, 6.45) is 0.512. The molecule has 4 nitrogen and oxygen atoms in total. The number of aryl methyl sites for hydroxylation is 1. The van der Waals surface area contributed by atoms with Crippen LogP contribution in [-0.2, 0) is 4.79 Å². The number of hydrogen-bond donors (Lipinski definition) is 2. The summed E-state index contributed by atoms with van der Waals surface area (Å²) in [5.74, 6) is 0.108. The third kappa shape index (κ3) is 4.10. The lowest BCUT2D eigenvalue weighted by Crippen LogP contribution is -2.45. The van der Waals surface area contributed by atoms with Gasteiger partial charge in [0.05, 0.1) is 28.4 Å². The van der Waals surface area contributed by atoms with Crippen molar-refractivity contribution < 1.29 is 9.90 Å². The summed E-state index contributed by atoms with van der Waals surface area (Å²) < 4.78 is 0. The summed E-state index contributed by atoms with van der Waals surface area (Å²) in [6.45, 7) is 5.43. The first kappa shape index (κ1) is 16.6. The average molecular weight is 331 g/mol. The fourth-order valence-electron chi connectivity index (χ4n) is 2.41. The average Bonchev–Trinajstić information content (AvgIpc) is 2.43. The number of nitrogens with one attached hydrogen (secondary N) is 1. The standard InChI is InChI=1S/C15H20Cl2N2O2/c1-9-5-6-19(7-12(9)20)8-13(21)18-15-11(16)4-3-10(2)14(15)17/h3-4,9,12,20H,5-8H2,1-2H3,(H,18,21). The molecule has 1 amide bonds. The molecule has 1 aliphatic heterocycles. The van der Waals surface area contributed by atoms with Crippen LogP contribution in [0.2, 0.25) is 10.0 Å². The van der Waals surface area contributed by atoms with Crippen molar-refractivity contribution in [3.05, 3.63) is 27.7 Å². The van der Waals surface area contributed by atoms with Gasteiger partial charge in [-0.1, -0.05) is 36.2 Å². The highest BCUT2D eigenvalue weighted by atomic mass is 35.5. The molecule has 1 heterocycles. The minimum atomic E-state index is -0.377. The summed E-state index contributed by atoms with van der Waals surface area (Å²) in [7, 11) is 0. The minimum absolute atomic E-state index is 0.175. The van der Waals surface area contributed by atoms with Crippen LogP contribution in [0.5, 0.6) is 0 Å². The Morgan fingerprint density at radius 2 is 2.19 bits per heavy atom. The largest absolute Gasteiger partial charge is 0.392 e. The summed E-state index contributed by atoms with van der Waals surface area (Å²) in [5, 5.41) is 13.5. The number of aliphatic hydroxyl groups excluding tert-OH is 1. The zero-order valence-electron chi connectivity index (χ0n) is 12.2. The third-order valence-electron chi connectivity index (χ3n) is 3.92. The smallest absolute Gasteiger partial charge is 0.238 e. The van der Waals surface area contributed by atoms with Crippen LogP contribution in [0, 0.1) is 12.8 Å².